The first-order valence-electron chi connectivity index (χ1n) is 8.80. The highest BCUT2D eigenvalue weighted by molar-refractivity contribution is 6.30. The van der Waals surface area contributed by atoms with E-state index in [0.29, 0.717) is 36.9 Å². The van der Waals surface area contributed by atoms with Gasteiger partial charge in [0.25, 0.3) is 0 Å². The van der Waals surface area contributed by atoms with E-state index in [1.54, 1.807) is 36.4 Å². The summed E-state index contributed by atoms with van der Waals surface area (Å²) in [7, 11) is 0. The van der Waals surface area contributed by atoms with Crippen molar-refractivity contribution in [3.05, 3.63) is 53.8 Å². The summed E-state index contributed by atoms with van der Waals surface area (Å²) in [5.41, 5.74) is 1.69. The highest BCUT2D eigenvalue weighted by atomic mass is 35.5. The number of amides is 3. The predicted octanol–water partition coefficient (Wildman–Crippen LogP) is 2.59. The zero-order valence-electron chi connectivity index (χ0n) is 15.1. The number of benzene rings is 1. The first-order chi connectivity index (χ1) is 13.0. The van der Waals surface area contributed by atoms with E-state index in [4.69, 9.17) is 11.6 Å². The van der Waals surface area contributed by atoms with Crippen molar-refractivity contribution in [3.8, 4) is 0 Å². The Morgan fingerprint density at radius 1 is 1.11 bits per heavy atom. The number of piperazine rings is 1. The van der Waals surface area contributed by atoms with Gasteiger partial charge in [0.05, 0.1) is 0 Å². The summed E-state index contributed by atoms with van der Waals surface area (Å²) in [5, 5.41) is 6.20. The second-order valence-corrected chi connectivity index (χ2v) is 6.79. The lowest BCUT2D eigenvalue weighted by atomic mass is 10.2. The van der Waals surface area contributed by atoms with Gasteiger partial charge in [-0.15, -0.1) is 0 Å². The molecule has 1 saturated heterocycles. The van der Waals surface area contributed by atoms with Crippen LogP contribution in [0.15, 0.2) is 48.8 Å². The lowest BCUT2D eigenvalue weighted by molar-refractivity contribution is -0.117. The number of urea groups is 1. The normalized spacial score (nSPS) is 15.2. The van der Waals surface area contributed by atoms with Crippen LogP contribution in [0.5, 0.6) is 0 Å². The van der Waals surface area contributed by atoms with Crippen LogP contribution in [0.2, 0.25) is 5.02 Å². The number of aromatic nitrogens is 1. The van der Waals surface area contributed by atoms with Crippen LogP contribution >= 0.6 is 11.6 Å². The average Bonchev–Trinajstić information content (AvgIpc) is 2.69. The number of nitrogens with zero attached hydrogens (tertiary/aromatic N) is 3. The molecule has 0 bridgehead atoms. The molecule has 0 unspecified atom stereocenters. The summed E-state index contributed by atoms with van der Waals surface area (Å²) in [6.45, 7) is 4.25. The molecule has 2 aromatic rings. The molecule has 142 valence electrons. The average molecular weight is 388 g/mol. The van der Waals surface area contributed by atoms with Gasteiger partial charge in [0.15, 0.2) is 0 Å². The summed E-state index contributed by atoms with van der Waals surface area (Å²) in [6, 6.07) is 10.2. The Morgan fingerprint density at radius 3 is 2.48 bits per heavy atom. The van der Waals surface area contributed by atoms with Gasteiger partial charge in [-0.2, -0.15) is 0 Å². The van der Waals surface area contributed by atoms with Crippen LogP contribution in [-0.2, 0) is 4.79 Å². The number of nitrogens with one attached hydrogen (secondary N) is 2. The topological polar surface area (TPSA) is 77.6 Å². The van der Waals surface area contributed by atoms with Gasteiger partial charge in [0.2, 0.25) is 5.91 Å². The van der Waals surface area contributed by atoms with Crippen LogP contribution in [-0.4, -0.2) is 54.0 Å². The van der Waals surface area contributed by atoms with Gasteiger partial charge in [0, 0.05) is 55.0 Å². The fraction of sp³-hybridized carbons (Fsp3) is 0.316. The molecule has 1 fully saturated rings. The van der Waals surface area contributed by atoms with Crippen LogP contribution in [0.4, 0.5) is 16.2 Å². The van der Waals surface area contributed by atoms with Crippen molar-refractivity contribution < 1.29 is 9.59 Å². The van der Waals surface area contributed by atoms with E-state index >= 15 is 0 Å². The molecule has 1 atom stereocenters. The van der Waals surface area contributed by atoms with Crippen LogP contribution < -0.4 is 15.5 Å². The molecule has 1 aromatic heterocycles. The van der Waals surface area contributed by atoms with E-state index in [2.05, 4.69) is 20.5 Å². The smallest absolute Gasteiger partial charge is 0.318 e. The Hall–Kier alpha value is -2.80. The second kappa shape index (κ2) is 8.73. The molecule has 2 N–H and O–H groups in total. The lowest BCUT2D eigenvalue weighted by Gasteiger charge is -2.36. The van der Waals surface area contributed by atoms with E-state index in [0.717, 1.165) is 5.69 Å². The predicted molar refractivity (Wildman–Crippen MR) is 106 cm³/mol. The minimum Gasteiger partial charge on any atom is -0.368 e. The number of rotatable bonds is 4. The standard InChI is InChI=1S/C19H22ClN5O2/c1-14(18(26)23-16-5-7-21-8-6-16)22-19(27)25-11-9-24(10-12-25)17-4-2-3-15(20)13-17/h2-8,13-14H,9-12H2,1H3,(H,22,27)(H,21,23,26)/t14-/m0/s1. The van der Waals surface area contributed by atoms with Gasteiger partial charge in [0.1, 0.15) is 6.04 Å². The fourth-order valence-corrected chi connectivity index (χ4v) is 3.05. The number of halogens is 1. The Balaban J connectivity index is 1.48. The maximum absolute atomic E-state index is 12.4. The Bertz CT molecular complexity index is 794. The SMILES string of the molecule is C[C@H](NC(=O)N1CCN(c2cccc(Cl)c2)CC1)C(=O)Nc1ccncc1. The molecule has 3 amide bonds. The van der Waals surface area contributed by atoms with Crippen LogP contribution in [0.1, 0.15) is 6.92 Å². The van der Waals surface area contributed by atoms with Crippen LogP contribution in [0.25, 0.3) is 0 Å². The molecule has 0 radical (unpaired) electrons. The summed E-state index contributed by atoms with van der Waals surface area (Å²) in [6.07, 6.45) is 3.19. The molecule has 8 heteroatoms. The van der Waals surface area contributed by atoms with E-state index in [1.807, 2.05) is 24.3 Å². The van der Waals surface area contributed by atoms with Gasteiger partial charge < -0.3 is 20.4 Å². The van der Waals surface area contributed by atoms with Crippen molar-refractivity contribution in [3.63, 3.8) is 0 Å². The molecule has 27 heavy (non-hydrogen) atoms. The molecule has 0 aliphatic carbocycles. The third-order valence-electron chi connectivity index (χ3n) is 4.42. The molecule has 0 spiro atoms. The van der Waals surface area contributed by atoms with Gasteiger partial charge >= 0.3 is 6.03 Å². The van der Waals surface area contributed by atoms with Crippen molar-refractivity contribution >= 4 is 34.9 Å². The molecule has 2 heterocycles. The molecule has 7 nitrogen and oxygen atoms in total. The van der Waals surface area contributed by atoms with Gasteiger partial charge in [-0.1, -0.05) is 17.7 Å². The number of carbonyl (C=O) groups excluding carboxylic acids is 2. The minimum atomic E-state index is -0.642. The van der Waals surface area contributed by atoms with Gasteiger partial charge in [-0.25, -0.2) is 4.79 Å². The highest BCUT2D eigenvalue weighted by Crippen LogP contribution is 2.20. The molecular weight excluding hydrogens is 366 g/mol. The number of anilines is 2. The van der Waals surface area contributed by atoms with Crippen molar-refractivity contribution in [2.24, 2.45) is 0 Å². The number of hydrogen-bond donors (Lipinski definition) is 2. The molecule has 0 saturated carbocycles. The maximum atomic E-state index is 12.4. The highest BCUT2D eigenvalue weighted by Gasteiger charge is 2.24. The Kier molecular flexibility index (Phi) is 6.13. The van der Waals surface area contributed by atoms with E-state index in [9.17, 15) is 9.59 Å². The Labute approximate surface area is 163 Å². The van der Waals surface area contributed by atoms with Crippen LogP contribution in [0, 0.1) is 0 Å². The summed E-state index contributed by atoms with van der Waals surface area (Å²) in [4.78, 5) is 32.5. The second-order valence-electron chi connectivity index (χ2n) is 6.35. The Morgan fingerprint density at radius 2 is 1.81 bits per heavy atom. The first-order valence-corrected chi connectivity index (χ1v) is 9.17. The third kappa shape index (κ3) is 5.10. The van der Waals surface area contributed by atoms with Gasteiger partial charge in [-0.3, -0.25) is 9.78 Å². The summed E-state index contributed by atoms with van der Waals surface area (Å²) < 4.78 is 0. The monoisotopic (exact) mass is 387 g/mol. The number of hydrogen-bond acceptors (Lipinski definition) is 4. The number of pyridine rings is 1. The fourth-order valence-electron chi connectivity index (χ4n) is 2.87. The molecule has 3 rings (SSSR count). The molecule has 1 aromatic carbocycles. The van der Waals surface area contributed by atoms with E-state index < -0.39 is 6.04 Å². The summed E-state index contributed by atoms with van der Waals surface area (Å²) >= 11 is 6.05. The van der Waals surface area contributed by atoms with Crippen molar-refractivity contribution in [2.45, 2.75) is 13.0 Å². The first kappa shape index (κ1) is 19.0. The molecular formula is C19H22ClN5O2. The van der Waals surface area contributed by atoms with Crippen LogP contribution in [0.3, 0.4) is 0 Å². The zero-order chi connectivity index (χ0) is 19.2. The molecule has 1 aliphatic heterocycles. The van der Waals surface area contributed by atoms with E-state index in [1.165, 1.54) is 0 Å². The summed E-state index contributed by atoms with van der Waals surface area (Å²) in [5.74, 6) is -0.271. The maximum Gasteiger partial charge on any atom is 0.318 e. The van der Waals surface area contributed by atoms with Crippen molar-refractivity contribution in [1.82, 2.24) is 15.2 Å². The van der Waals surface area contributed by atoms with Gasteiger partial charge in [-0.05, 0) is 37.3 Å². The zero-order valence-corrected chi connectivity index (χ0v) is 15.8. The lowest BCUT2D eigenvalue weighted by Crippen LogP contribution is -2.54. The number of carbonyl (C=O) groups is 2. The van der Waals surface area contributed by atoms with E-state index in [-0.39, 0.29) is 11.9 Å². The third-order valence-corrected chi connectivity index (χ3v) is 4.66. The quantitative estimate of drug-likeness (QED) is 0.845. The minimum absolute atomic E-state index is 0.238. The largest absolute Gasteiger partial charge is 0.368 e. The van der Waals surface area contributed by atoms with Crippen molar-refractivity contribution in [1.29, 1.82) is 0 Å². The van der Waals surface area contributed by atoms with Crippen molar-refractivity contribution in [2.75, 3.05) is 36.4 Å². The molecule has 1 aliphatic rings.